The maximum Gasteiger partial charge on any atom is 0.331 e. The van der Waals surface area contributed by atoms with E-state index in [9.17, 15) is 28.6 Å². The number of fused-ring (bicyclic) bond motifs is 1. The Balaban J connectivity index is 1.38. The van der Waals surface area contributed by atoms with Crippen molar-refractivity contribution in [2.75, 3.05) is 18.5 Å². The smallest absolute Gasteiger partial charge is 0.331 e. The van der Waals surface area contributed by atoms with E-state index in [0.717, 1.165) is 43.7 Å². The number of aromatic nitrogens is 1. The zero-order valence-corrected chi connectivity index (χ0v) is 21.6. The molecule has 0 unspecified atom stereocenters. The summed E-state index contributed by atoms with van der Waals surface area (Å²) in [6, 6.07) is 2.72. The molecule has 0 aromatic carbocycles. The number of alkyl halides is 2. The van der Waals surface area contributed by atoms with Gasteiger partial charge in [-0.3, -0.25) is 4.79 Å². The van der Waals surface area contributed by atoms with Crippen LogP contribution in [0.1, 0.15) is 82.4 Å². The lowest BCUT2D eigenvalue weighted by molar-refractivity contribution is -0.245. The number of pyridine rings is 1. The molecule has 3 N–H and O–H groups in total. The highest BCUT2D eigenvalue weighted by Crippen LogP contribution is 2.47. The van der Waals surface area contributed by atoms with Crippen molar-refractivity contribution in [3.8, 4) is 0 Å². The largest absolute Gasteiger partial charge is 0.480 e. The zero-order chi connectivity index (χ0) is 26.6. The molecule has 0 saturated heterocycles. The summed E-state index contributed by atoms with van der Waals surface area (Å²) in [5, 5.41) is 23.9. The molecule has 2 saturated carbocycles. The molecule has 1 aromatic heterocycles. The van der Waals surface area contributed by atoms with Crippen molar-refractivity contribution in [2.24, 2.45) is 11.3 Å². The lowest BCUT2D eigenvalue weighted by Gasteiger charge is -2.45. The number of hydrogen-bond donors (Lipinski definition) is 3. The first-order valence-corrected chi connectivity index (χ1v) is 13.6. The van der Waals surface area contributed by atoms with Crippen molar-refractivity contribution in [1.82, 2.24) is 10.0 Å². The molecule has 10 heteroatoms. The lowest BCUT2D eigenvalue weighted by atomic mass is 9.71. The third-order valence-corrected chi connectivity index (χ3v) is 8.56. The first kappa shape index (κ1) is 27.7. The maximum absolute atomic E-state index is 13.8. The Morgan fingerprint density at radius 2 is 1.97 bits per heavy atom. The molecule has 1 atom stereocenters. The number of hydroxylamine groups is 2. The molecular weight excluding hydrogens is 484 g/mol. The van der Waals surface area contributed by atoms with Crippen LogP contribution in [0.15, 0.2) is 12.1 Å². The van der Waals surface area contributed by atoms with E-state index in [1.54, 1.807) is 6.92 Å². The summed E-state index contributed by atoms with van der Waals surface area (Å²) in [5.74, 6) is -3.31. The monoisotopic (exact) mass is 523 g/mol. The molecule has 2 fully saturated rings. The Morgan fingerprint density at radius 1 is 1.24 bits per heavy atom. The highest BCUT2D eigenvalue weighted by molar-refractivity contribution is 5.78. The number of carboxylic acid groups (broad SMARTS) is 1. The van der Waals surface area contributed by atoms with Crippen LogP contribution < -0.4 is 5.32 Å². The van der Waals surface area contributed by atoms with Crippen molar-refractivity contribution in [2.45, 2.75) is 102 Å². The van der Waals surface area contributed by atoms with Crippen molar-refractivity contribution < 1.29 is 33.4 Å². The topological polar surface area (TPSA) is 112 Å². The third-order valence-electron chi connectivity index (χ3n) is 8.56. The molecule has 8 nitrogen and oxygen atoms in total. The Labute approximate surface area is 216 Å². The van der Waals surface area contributed by atoms with Gasteiger partial charge in [0.05, 0.1) is 5.41 Å². The first-order valence-electron chi connectivity index (χ1n) is 13.6. The number of nitrogens with one attached hydrogen (secondary N) is 1. The van der Waals surface area contributed by atoms with Gasteiger partial charge in [-0.15, -0.1) is 5.06 Å². The van der Waals surface area contributed by atoms with E-state index in [0.29, 0.717) is 25.2 Å². The number of halogens is 2. The molecule has 206 valence electrons. The van der Waals surface area contributed by atoms with Crippen LogP contribution in [-0.2, 0) is 27.3 Å². The number of anilines is 1. The van der Waals surface area contributed by atoms with Crippen LogP contribution in [0.2, 0.25) is 0 Å². The van der Waals surface area contributed by atoms with E-state index in [4.69, 9.17) is 9.82 Å². The Bertz CT molecular complexity index is 959. The van der Waals surface area contributed by atoms with Crippen LogP contribution in [-0.4, -0.2) is 63.4 Å². The van der Waals surface area contributed by atoms with Crippen LogP contribution in [0.25, 0.3) is 0 Å². The second kappa shape index (κ2) is 11.6. The molecular formula is C27H39F2N3O5. The maximum atomic E-state index is 13.8. The van der Waals surface area contributed by atoms with E-state index in [1.165, 1.54) is 10.6 Å². The van der Waals surface area contributed by atoms with Crippen molar-refractivity contribution in [3.05, 3.63) is 23.4 Å². The predicted molar refractivity (Wildman–Crippen MR) is 133 cm³/mol. The Hall–Kier alpha value is -2.33. The average molecular weight is 524 g/mol. The molecule has 0 spiro atoms. The molecule has 4 rings (SSSR count). The normalized spacial score (nSPS) is 24.9. The predicted octanol–water partition coefficient (Wildman–Crippen LogP) is 4.35. The summed E-state index contributed by atoms with van der Waals surface area (Å²) < 4.78 is 27.6. The minimum Gasteiger partial charge on any atom is -0.480 e. The van der Waals surface area contributed by atoms with Gasteiger partial charge in [0.25, 0.3) is 0 Å². The van der Waals surface area contributed by atoms with Crippen LogP contribution >= 0.6 is 0 Å². The van der Waals surface area contributed by atoms with Crippen LogP contribution in [0.5, 0.6) is 0 Å². The minimum atomic E-state index is -2.79. The van der Waals surface area contributed by atoms with Gasteiger partial charge in [0.15, 0.2) is 0 Å². The summed E-state index contributed by atoms with van der Waals surface area (Å²) in [4.78, 5) is 35.8. The second-order valence-corrected chi connectivity index (χ2v) is 11.0. The van der Waals surface area contributed by atoms with Crippen molar-refractivity contribution in [3.63, 3.8) is 0 Å². The summed E-state index contributed by atoms with van der Waals surface area (Å²) >= 11 is 0. The third kappa shape index (κ3) is 6.39. The van der Waals surface area contributed by atoms with Crippen LogP contribution in [0.4, 0.5) is 14.6 Å². The van der Waals surface area contributed by atoms with Gasteiger partial charge in [-0.1, -0.05) is 13.0 Å². The van der Waals surface area contributed by atoms with Gasteiger partial charge in [-0.05, 0) is 81.8 Å². The number of aliphatic hydroxyl groups excluding tert-OH is 1. The number of nitrogens with zero attached hydrogens (tertiary/aromatic N) is 2. The summed E-state index contributed by atoms with van der Waals surface area (Å²) in [5.41, 5.74) is 1.21. The quantitative estimate of drug-likeness (QED) is 0.367. The standard InChI is InChI=1S/C27H39F2N3O5/c1-2-26(10-12-27(28,29)13-11-26)25(36)37-32(22(9-15-33)24(34)35)21-16-18(17-21)5-7-20-8-6-19-4-3-14-30-23(19)31-20/h6,8,18,21-22,33H,2-5,7,9-17H2,1H3,(H,30,31)(H,34,35)/t18?,21?,22-/m0/s1. The zero-order valence-electron chi connectivity index (χ0n) is 21.6. The minimum absolute atomic E-state index is 0.0108. The first-order chi connectivity index (χ1) is 17.7. The Morgan fingerprint density at radius 3 is 2.62 bits per heavy atom. The molecule has 0 bridgehead atoms. The molecule has 2 heterocycles. The van der Waals surface area contributed by atoms with E-state index in [2.05, 4.69) is 17.4 Å². The summed E-state index contributed by atoms with van der Waals surface area (Å²) in [6.07, 6.45) is 4.66. The average Bonchev–Trinajstić information content (AvgIpc) is 2.85. The lowest BCUT2D eigenvalue weighted by Crippen LogP contribution is -2.55. The highest BCUT2D eigenvalue weighted by atomic mass is 19.3. The second-order valence-electron chi connectivity index (χ2n) is 11.0. The summed E-state index contributed by atoms with van der Waals surface area (Å²) in [7, 11) is 0. The van der Waals surface area contributed by atoms with Gasteiger partial charge in [-0.25, -0.2) is 18.6 Å². The fraction of sp³-hybridized carbons (Fsp3) is 0.741. The highest BCUT2D eigenvalue weighted by Gasteiger charge is 2.50. The van der Waals surface area contributed by atoms with Gasteiger partial charge < -0.3 is 20.4 Å². The molecule has 0 radical (unpaired) electrons. The molecule has 2 aliphatic carbocycles. The van der Waals surface area contributed by atoms with Gasteiger partial charge in [0, 0.05) is 37.7 Å². The van der Waals surface area contributed by atoms with Gasteiger partial charge in [0.1, 0.15) is 11.9 Å². The number of aliphatic carboxylic acids is 1. The number of aryl methyl sites for hydroxylation is 2. The summed E-state index contributed by atoms with van der Waals surface area (Å²) in [6.45, 7) is 2.34. The molecule has 0 amide bonds. The van der Waals surface area contributed by atoms with E-state index >= 15 is 0 Å². The molecule has 1 aliphatic heterocycles. The van der Waals surface area contributed by atoms with E-state index in [1.807, 2.05) is 0 Å². The number of aliphatic hydroxyl groups is 1. The number of hydrogen-bond acceptors (Lipinski definition) is 7. The van der Waals surface area contributed by atoms with E-state index in [-0.39, 0.29) is 44.8 Å². The Kier molecular flexibility index (Phi) is 8.68. The van der Waals surface area contributed by atoms with Crippen molar-refractivity contribution in [1.29, 1.82) is 0 Å². The number of rotatable bonds is 11. The fourth-order valence-electron chi connectivity index (χ4n) is 5.87. The molecule has 3 aliphatic rings. The van der Waals surface area contributed by atoms with E-state index < -0.39 is 29.3 Å². The number of carboxylic acids is 1. The van der Waals surface area contributed by atoms with Crippen LogP contribution in [0.3, 0.4) is 0 Å². The number of carbonyl (C=O) groups excluding carboxylic acids is 1. The SMILES string of the molecule is CCC1(C(=O)ON(C2CC(CCc3ccc4c(n3)NCCC4)C2)[C@@H](CCO)C(=O)O)CCC(F)(F)CC1. The number of carbonyl (C=O) groups is 2. The van der Waals surface area contributed by atoms with Gasteiger partial charge >= 0.3 is 11.9 Å². The van der Waals surface area contributed by atoms with Gasteiger partial charge in [0.2, 0.25) is 5.92 Å². The van der Waals surface area contributed by atoms with Gasteiger partial charge in [-0.2, -0.15) is 0 Å². The molecule has 37 heavy (non-hydrogen) atoms. The van der Waals surface area contributed by atoms with Crippen molar-refractivity contribution >= 4 is 17.8 Å². The van der Waals surface area contributed by atoms with Crippen LogP contribution in [0, 0.1) is 11.3 Å². The fourth-order valence-corrected chi connectivity index (χ4v) is 5.87. The molecule has 1 aromatic rings.